The van der Waals surface area contributed by atoms with Crippen LogP contribution in [0.15, 0.2) is 65.7 Å². The number of rotatable bonds is 4. The lowest BCUT2D eigenvalue weighted by Gasteiger charge is -2.15. The molecule has 0 bridgehead atoms. The van der Waals surface area contributed by atoms with Crippen LogP contribution in [0.5, 0.6) is 5.75 Å². The van der Waals surface area contributed by atoms with Crippen molar-refractivity contribution in [3.05, 3.63) is 83.7 Å². The van der Waals surface area contributed by atoms with Crippen LogP contribution in [0.25, 0.3) is 5.65 Å². The molecule has 0 saturated carbocycles. The van der Waals surface area contributed by atoms with E-state index in [1.165, 1.54) is 47.8 Å². The average Bonchev–Trinajstić information content (AvgIpc) is 3.68. The van der Waals surface area contributed by atoms with E-state index in [1.54, 1.807) is 30.3 Å². The summed E-state index contributed by atoms with van der Waals surface area (Å²) in [6.45, 7) is 3.99. The number of halogens is 3. The minimum absolute atomic E-state index is 0.225. The Hall–Kier alpha value is -3.77. The fourth-order valence-corrected chi connectivity index (χ4v) is 4.67. The Morgan fingerprint density at radius 1 is 1.07 bits per heavy atom. The molecule has 4 heterocycles. The second-order valence-corrected chi connectivity index (χ2v) is 10.1. The number of likely N-dealkylation sites (tertiary alicyclic amines) is 1. The number of hydrogen-bond acceptors (Lipinski definition) is 7. The summed E-state index contributed by atoms with van der Waals surface area (Å²) in [5.41, 5.74) is 6.98. The molecule has 12 heteroatoms. The normalized spacial score (nSPS) is 16.8. The molecule has 3 N–H and O–H groups in total. The van der Waals surface area contributed by atoms with Crippen molar-refractivity contribution >= 4 is 30.0 Å². The lowest BCUT2D eigenvalue weighted by atomic mass is 10.2. The molecule has 40 heavy (non-hydrogen) atoms. The molecular formula is C28H31F3N6O2S. The van der Waals surface area contributed by atoms with Gasteiger partial charge in [0.1, 0.15) is 23.5 Å². The molecule has 2 aromatic heterocycles. The van der Waals surface area contributed by atoms with E-state index in [1.807, 2.05) is 4.90 Å². The van der Waals surface area contributed by atoms with Gasteiger partial charge in [-0.25, -0.2) is 22.7 Å². The van der Waals surface area contributed by atoms with E-state index in [9.17, 15) is 23.1 Å². The summed E-state index contributed by atoms with van der Waals surface area (Å²) in [4.78, 5) is 20.0. The Kier molecular flexibility index (Phi) is 9.88. The predicted octanol–water partition coefficient (Wildman–Crippen LogP) is 4.62. The van der Waals surface area contributed by atoms with Gasteiger partial charge in [-0.05, 0) is 80.4 Å². The van der Waals surface area contributed by atoms with Gasteiger partial charge in [0.25, 0.3) is 5.91 Å². The first-order chi connectivity index (χ1) is 19.2. The number of carbonyl (C=O) groups excluding carboxylic acids is 1. The summed E-state index contributed by atoms with van der Waals surface area (Å²) in [7, 11) is 0. The van der Waals surface area contributed by atoms with Crippen LogP contribution in [0.3, 0.4) is 0 Å². The number of primary amides is 1. The van der Waals surface area contributed by atoms with Crippen molar-refractivity contribution in [2.45, 2.75) is 36.9 Å². The van der Waals surface area contributed by atoms with E-state index in [-0.39, 0.29) is 17.3 Å². The number of carbonyl (C=O) groups is 1. The highest BCUT2D eigenvalue weighted by Gasteiger charge is 2.23. The minimum atomic E-state index is -0.819. The van der Waals surface area contributed by atoms with Gasteiger partial charge in [0, 0.05) is 18.0 Å². The Labute approximate surface area is 235 Å². The number of benzene rings is 2. The summed E-state index contributed by atoms with van der Waals surface area (Å²) in [6.07, 6.45) is 3.56. The molecule has 4 aromatic rings. The van der Waals surface area contributed by atoms with E-state index in [0.717, 1.165) is 25.2 Å². The van der Waals surface area contributed by atoms with Gasteiger partial charge in [0.2, 0.25) is 0 Å². The van der Waals surface area contributed by atoms with Gasteiger partial charge in [-0.1, -0.05) is 12.1 Å². The molecule has 1 atom stereocenters. The molecule has 0 spiro atoms. The topological polar surface area (TPSA) is 100.0 Å². The fourth-order valence-electron chi connectivity index (χ4n) is 4.46. The van der Waals surface area contributed by atoms with Gasteiger partial charge in [0.15, 0.2) is 17.2 Å². The number of nitrogens with zero attached hydrogens (tertiary/aromatic N) is 5. The standard InChI is InChI=1S/C11H12FN5O.C11H14FNO.C6H5FS/c12-7-3-4-16(6-7)10-2-1-9-14-5-8(11(13)18)17(9)15-10;12-10-4-3-9(7-11(10)14)8-13-5-1-2-6-13;7-5-2-1-3-6(8)4-5/h1-2,5,7H,3-4,6H2,(H2,13,18);3-4,7,14H,1-2,5-6,8H2;1-4,8H. The molecule has 2 aliphatic heterocycles. The predicted molar refractivity (Wildman–Crippen MR) is 149 cm³/mol. The molecule has 0 aliphatic carbocycles. The van der Waals surface area contributed by atoms with Crippen molar-refractivity contribution in [2.75, 3.05) is 31.1 Å². The summed E-state index contributed by atoms with van der Waals surface area (Å²) >= 11 is 3.91. The Bertz CT molecular complexity index is 1430. The average molecular weight is 573 g/mol. The zero-order chi connectivity index (χ0) is 28.6. The molecule has 6 rings (SSSR count). The van der Waals surface area contributed by atoms with Gasteiger partial charge in [-0.15, -0.1) is 17.7 Å². The molecule has 2 fully saturated rings. The number of imidazole rings is 1. The van der Waals surface area contributed by atoms with Crippen LogP contribution in [0, 0.1) is 11.6 Å². The zero-order valence-corrected chi connectivity index (χ0v) is 22.7. The maximum Gasteiger partial charge on any atom is 0.269 e. The van der Waals surface area contributed by atoms with E-state index < -0.39 is 17.9 Å². The highest BCUT2D eigenvalue weighted by Crippen LogP contribution is 2.21. The first-order valence-corrected chi connectivity index (χ1v) is 13.3. The third kappa shape index (κ3) is 7.89. The number of phenolic OH excluding ortho intramolecular Hbond substituents is 1. The van der Waals surface area contributed by atoms with Gasteiger partial charge in [0.05, 0.1) is 12.7 Å². The summed E-state index contributed by atoms with van der Waals surface area (Å²) in [5, 5.41) is 13.5. The molecule has 8 nitrogen and oxygen atoms in total. The second kappa shape index (κ2) is 13.5. The number of fused-ring (bicyclic) bond motifs is 1. The van der Waals surface area contributed by atoms with E-state index in [4.69, 9.17) is 5.73 Å². The maximum atomic E-state index is 13.2. The van der Waals surface area contributed by atoms with E-state index in [0.29, 0.717) is 35.9 Å². The van der Waals surface area contributed by atoms with E-state index >= 15 is 0 Å². The van der Waals surface area contributed by atoms with Crippen molar-refractivity contribution in [1.82, 2.24) is 19.5 Å². The zero-order valence-electron chi connectivity index (χ0n) is 21.8. The van der Waals surface area contributed by atoms with Crippen LogP contribution in [-0.4, -0.2) is 62.9 Å². The summed E-state index contributed by atoms with van der Waals surface area (Å²) in [6, 6.07) is 14.2. The molecule has 2 aliphatic rings. The van der Waals surface area contributed by atoms with Crippen molar-refractivity contribution in [1.29, 1.82) is 0 Å². The van der Waals surface area contributed by atoms with Gasteiger partial charge in [-0.3, -0.25) is 9.69 Å². The van der Waals surface area contributed by atoms with Crippen LogP contribution in [0.2, 0.25) is 0 Å². The number of phenols is 1. The minimum Gasteiger partial charge on any atom is -0.505 e. The first-order valence-electron chi connectivity index (χ1n) is 12.9. The Balaban J connectivity index is 0.000000149. The molecule has 2 aromatic carbocycles. The molecule has 1 amide bonds. The quantitative estimate of drug-likeness (QED) is 0.309. The number of hydrogen-bond donors (Lipinski definition) is 3. The SMILES string of the molecule is Fc1cccc(S)c1.NC(=O)c1cnc2ccc(N3CCC(F)C3)nn12.Oc1cc(CN2CCCC2)ccc1F. The summed E-state index contributed by atoms with van der Waals surface area (Å²) < 4.78 is 39.4. The number of thiol groups is 1. The van der Waals surface area contributed by atoms with Gasteiger partial charge < -0.3 is 15.7 Å². The van der Waals surface area contributed by atoms with Crippen molar-refractivity contribution in [3.63, 3.8) is 0 Å². The lowest BCUT2D eigenvalue weighted by Crippen LogP contribution is -2.22. The van der Waals surface area contributed by atoms with Gasteiger partial charge >= 0.3 is 0 Å². The molecule has 1 unspecified atom stereocenters. The Morgan fingerprint density at radius 2 is 1.85 bits per heavy atom. The first kappa shape index (κ1) is 29.2. The third-order valence-electron chi connectivity index (χ3n) is 6.48. The van der Waals surface area contributed by atoms with Crippen molar-refractivity contribution < 1.29 is 23.1 Å². The number of anilines is 1. The van der Waals surface area contributed by atoms with Gasteiger partial charge in [-0.2, -0.15) is 0 Å². The number of amides is 1. The third-order valence-corrected chi connectivity index (χ3v) is 6.76. The lowest BCUT2D eigenvalue weighted by molar-refractivity contribution is 0.0993. The Morgan fingerprint density at radius 3 is 2.45 bits per heavy atom. The molecule has 212 valence electrons. The highest BCUT2D eigenvalue weighted by molar-refractivity contribution is 7.80. The van der Waals surface area contributed by atoms with Crippen LogP contribution >= 0.6 is 12.6 Å². The van der Waals surface area contributed by atoms with E-state index in [2.05, 4.69) is 27.6 Å². The van der Waals surface area contributed by atoms with Crippen LogP contribution in [-0.2, 0) is 6.54 Å². The van der Waals surface area contributed by atoms with Crippen molar-refractivity contribution in [2.24, 2.45) is 5.73 Å². The highest BCUT2D eigenvalue weighted by atomic mass is 32.1. The molecule has 0 radical (unpaired) electrons. The number of nitrogens with two attached hydrogens (primary N) is 1. The van der Waals surface area contributed by atoms with Crippen molar-refractivity contribution in [3.8, 4) is 5.75 Å². The number of alkyl halides is 1. The molecule has 2 saturated heterocycles. The summed E-state index contributed by atoms with van der Waals surface area (Å²) in [5.74, 6) is -0.991. The monoisotopic (exact) mass is 572 g/mol. The van der Waals surface area contributed by atoms with Crippen LogP contribution in [0.1, 0.15) is 35.3 Å². The second-order valence-electron chi connectivity index (χ2n) is 9.55. The van der Waals surface area contributed by atoms with Crippen LogP contribution < -0.4 is 10.6 Å². The maximum absolute atomic E-state index is 13.2. The number of aromatic nitrogens is 3. The van der Waals surface area contributed by atoms with Crippen LogP contribution in [0.4, 0.5) is 19.0 Å². The smallest absolute Gasteiger partial charge is 0.269 e. The largest absolute Gasteiger partial charge is 0.505 e. The molecular weight excluding hydrogens is 541 g/mol. The fraction of sp³-hybridized carbons (Fsp3) is 0.321. The number of aromatic hydroxyl groups is 1.